The Labute approximate surface area is 123 Å². The van der Waals surface area contributed by atoms with Gasteiger partial charge in [-0.1, -0.05) is 12.1 Å². The first kappa shape index (κ1) is 14.7. The molecule has 0 spiro atoms. The normalized spacial score (nSPS) is 17.4. The summed E-state index contributed by atoms with van der Waals surface area (Å²) < 4.78 is 0. The second kappa shape index (κ2) is 5.71. The summed E-state index contributed by atoms with van der Waals surface area (Å²) in [5, 5.41) is -0.193. The summed E-state index contributed by atoms with van der Waals surface area (Å²) in [6.07, 6.45) is 1.77. The van der Waals surface area contributed by atoms with Crippen LogP contribution >= 0.6 is 11.8 Å². The molecule has 106 valence electrons. The van der Waals surface area contributed by atoms with Crippen LogP contribution in [0.1, 0.15) is 19.4 Å². The van der Waals surface area contributed by atoms with Crippen LogP contribution < -0.4 is 4.90 Å². The van der Waals surface area contributed by atoms with Gasteiger partial charge in [-0.25, -0.2) is 0 Å². The molecule has 2 amide bonds. The molecule has 1 saturated heterocycles. The lowest BCUT2D eigenvalue weighted by atomic mass is 10.2. The highest BCUT2D eigenvalue weighted by molar-refractivity contribution is 8.18. The monoisotopic (exact) mass is 290 g/mol. The van der Waals surface area contributed by atoms with Crippen molar-refractivity contribution >= 4 is 34.7 Å². The second-order valence-electron chi connectivity index (χ2n) is 5.13. The molecule has 1 fully saturated rings. The maximum Gasteiger partial charge on any atom is 0.293 e. The van der Waals surface area contributed by atoms with Crippen LogP contribution in [-0.2, 0) is 4.79 Å². The molecular weight excluding hydrogens is 272 g/mol. The van der Waals surface area contributed by atoms with Gasteiger partial charge in [-0.3, -0.25) is 14.5 Å². The number of carbonyl (C=O) groups is 2. The van der Waals surface area contributed by atoms with Crippen molar-refractivity contribution in [1.82, 2.24) is 4.90 Å². The largest absolute Gasteiger partial charge is 0.378 e. The molecule has 1 aromatic rings. The minimum atomic E-state index is -0.202. The van der Waals surface area contributed by atoms with Crippen molar-refractivity contribution in [2.24, 2.45) is 0 Å². The summed E-state index contributed by atoms with van der Waals surface area (Å²) in [6.45, 7) is 3.68. The zero-order valence-corrected chi connectivity index (χ0v) is 12.9. The van der Waals surface area contributed by atoms with Crippen molar-refractivity contribution in [3.63, 3.8) is 0 Å². The van der Waals surface area contributed by atoms with E-state index in [1.165, 1.54) is 4.90 Å². The van der Waals surface area contributed by atoms with Crippen molar-refractivity contribution in [1.29, 1.82) is 0 Å². The first-order valence-corrected chi connectivity index (χ1v) is 7.26. The van der Waals surface area contributed by atoms with E-state index >= 15 is 0 Å². The number of anilines is 1. The van der Waals surface area contributed by atoms with E-state index in [0.717, 1.165) is 23.0 Å². The fraction of sp³-hybridized carbons (Fsp3) is 0.333. The molecule has 1 aromatic carbocycles. The number of imide groups is 1. The van der Waals surface area contributed by atoms with Crippen LogP contribution in [0, 0.1) is 0 Å². The van der Waals surface area contributed by atoms with Gasteiger partial charge in [-0.2, -0.15) is 0 Å². The summed E-state index contributed by atoms with van der Waals surface area (Å²) in [5.74, 6) is -0.202. The highest BCUT2D eigenvalue weighted by atomic mass is 32.2. The first-order valence-electron chi connectivity index (χ1n) is 6.44. The maximum absolute atomic E-state index is 12.1. The molecule has 0 atom stereocenters. The Bertz CT molecular complexity index is 562. The molecule has 20 heavy (non-hydrogen) atoms. The molecule has 2 rings (SSSR count). The van der Waals surface area contributed by atoms with E-state index in [1.807, 2.05) is 57.1 Å². The number of benzene rings is 1. The molecule has 0 unspecified atom stereocenters. The Morgan fingerprint density at radius 2 is 1.75 bits per heavy atom. The number of thioether (sulfide) groups is 1. The lowest BCUT2D eigenvalue weighted by Gasteiger charge is -2.16. The zero-order valence-electron chi connectivity index (χ0n) is 12.1. The molecule has 0 aromatic heterocycles. The van der Waals surface area contributed by atoms with E-state index in [-0.39, 0.29) is 17.2 Å². The van der Waals surface area contributed by atoms with E-state index in [0.29, 0.717) is 4.91 Å². The number of hydrogen-bond donors (Lipinski definition) is 0. The van der Waals surface area contributed by atoms with Gasteiger partial charge >= 0.3 is 0 Å². The van der Waals surface area contributed by atoms with Crippen LogP contribution in [-0.4, -0.2) is 36.2 Å². The number of hydrogen-bond acceptors (Lipinski definition) is 4. The van der Waals surface area contributed by atoms with Gasteiger partial charge in [0, 0.05) is 25.8 Å². The van der Waals surface area contributed by atoms with Gasteiger partial charge in [-0.05, 0) is 49.4 Å². The summed E-state index contributed by atoms with van der Waals surface area (Å²) in [6, 6.07) is 7.75. The molecule has 1 aliphatic heterocycles. The van der Waals surface area contributed by atoms with Crippen LogP contribution in [0.2, 0.25) is 0 Å². The van der Waals surface area contributed by atoms with E-state index in [9.17, 15) is 9.59 Å². The topological polar surface area (TPSA) is 40.6 Å². The molecular formula is C15H18N2O2S. The minimum absolute atomic E-state index is 0.107. The van der Waals surface area contributed by atoms with Crippen molar-refractivity contribution in [3.8, 4) is 0 Å². The smallest absolute Gasteiger partial charge is 0.293 e. The molecule has 0 N–H and O–H groups in total. The average molecular weight is 290 g/mol. The van der Waals surface area contributed by atoms with E-state index in [4.69, 9.17) is 0 Å². The van der Waals surface area contributed by atoms with Gasteiger partial charge in [0.25, 0.3) is 11.1 Å². The second-order valence-corrected chi connectivity index (χ2v) is 6.12. The van der Waals surface area contributed by atoms with Gasteiger partial charge in [0.15, 0.2) is 0 Å². The molecule has 5 heteroatoms. The summed E-state index contributed by atoms with van der Waals surface area (Å²) >= 11 is 1.00. The standard InChI is InChI=1S/C15H18N2O2S/c1-10(2)17-14(18)13(20-15(17)19)9-11-5-7-12(8-6-11)16(3)4/h5-10H,1-4H3/b13-9+. The molecule has 1 heterocycles. The third-order valence-corrected chi connectivity index (χ3v) is 3.93. The summed E-state index contributed by atoms with van der Waals surface area (Å²) in [4.78, 5) is 27.7. The van der Waals surface area contributed by atoms with E-state index < -0.39 is 0 Å². The molecule has 0 saturated carbocycles. The molecule has 4 nitrogen and oxygen atoms in total. The van der Waals surface area contributed by atoms with Gasteiger partial charge in [0.1, 0.15) is 0 Å². The summed E-state index contributed by atoms with van der Waals surface area (Å²) in [5.41, 5.74) is 2.02. The molecule has 0 bridgehead atoms. The maximum atomic E-state index is 12.1. The average Bonchev–Trinajstić information content (AvgIpc) is 2.65. The molecule has 0 aliphatic carbocycles. The van der Waals surface area contributed by atoms with Crippen molar-refractivity contribution in [2.45, 2.75) is 19.9 Å². The van der Waals surface area contributed by atoms with Crippen LogP contribution in [0.25, 0.3) is 6.08 Å². The lowest BCUT2D eigenvalue weighted by Crippen LogP contribution is -2.34. The Kier molecular flexibility index (Phi) is 4.18. The van der Waals surface area contributed by atoms with Crippen LogP contribution in [0.15, 0.2) is 29.2 Å². The Hall–Kier alpha value is -1.75. The number of amides is 2. The fourth-order valence-electron chi connectivity index (χ4n) is 1.95. The SMILES string of the molecule is CC(C)N1C(=O)S/C(=C/c2ccc(N(C)C)cc2)C1=O. The number of rotatable bonds is 3. The van der Waals surface area contributed by atoms with Gasteiger partial charge in [0.05, 0.1) is 4.91 Å². The fourth-order valence-corrected chi connectivity index (χ4v) is 2.91. The minimum Gasteiger partial charge on any atom is -0.378 e. The van der Waals surface area contributed by atoms with Gasteiger partial charge in [0.2, 0.25) is 0 Å². The van der Waals surface area contributed by atoms with E-state index in [1.54, 1.807) is 6.08 Å². The highest BCUT2D eigenvalue weighted by Gasteiger charge is 2.36. The van der Waals surface area contributed by atoms with Crippen molar-refractivity contribution in [3.05, 3.63) is 34.7 Å². The quantitative estimate of drug-likeness (QED) is 0.802. The van der Waals surface area contributed by atoms with Gasteiger partial charge < -0.3 is 4.90 Å². The lowest BCUT2D eigenvalue weighted by molar-refractivity contribution is -0.123. The summed E-state index contributed by atoms with van der Waals surface area (Å²) in [7, 11) is 3.95. The predicted molar refractivity (Wildman–Crippen MR) is 83.7 cm³/mol. The third-order valence-electron chi connectivity index (χ3n) is 3.05. The number of carbonyl (C=O) groups excluding carboxylic acids is 2. The van der Waals surface area contributed by atoms with E-state index in [2.05, 4.69) is 0 Å². The molecule has 0 radical (unpaired) electrons. The zero-order chi connectivity index (χ0) is 14.9. The van der Waals surface area contributed by atoms with Crippen LogP contribution in [0.4, 0.5) is 10.5 Å². The Morgan fingerprint density at radius 3 is 2.20 bits per heavy atom. The molecule has 1 aliphatic rings. The van der Waals surface area contributed by atoms with Crippen LogP contribution in [0.3, 0.4) is 0 Å². The van der Waals surface area contributed by atoms with Gasteiger partial charge in [-0.15, -0.1) is 0 Å². The predicted octanol–water partition coefficient (Wildman–Crippen LogP) is 3.20. The highest BCUT2D eigenvalue weighted by Crippen LogP contribution is 2.33. The number of nitrogens with zero attached hydrogens (tertiary/aromatic N) is 2. The van der Waals surface area contributed by atoms with Crippen LogP contribution in [0.5, 0.6) is 0 Å². The van der Waals surface area contributed by atoms with Crippen molar-refractivity contribution < 1.29 is 9.59 Å². The third kappa shape index (κ3) is 2.88. The Morgan fingerprint density at radius 1 is 1.15 bits per heavy atom. The first-order chi connectivity index (χ1) is 9.40. The van der Waals surface area contributed by atoms with Crippen molar-refractivity contribution in [2.75, 3.05) is 19.0 Å². The Balaban J connectivity index is 2.24.